The molecule has 2 aromatic carbocycles. The first-order chi connectivity index (χ1) is 14.0. The Balaban J connectivity index is 1.81. The number of fused-ring (bicyclic) bond motifs is 1. The molecule has 1 amide bonds. The number of carbonyl (C=O) groups is 1. The van der Waals surface area contributed by atoms with Gasteiger partial charge in [-0.1, -0.05) is 31.5 Å². The predicted molar refractivity (Wildman–Crippen MR) is 114 cm³/mol. The van der Waals surface area contributed by atoms with E-state index >= 15 is 0 Å². The van der Waals surface area contributed by atoms with Gasteiger partial charge in [-0.3, -0.25) is 4.79 Å². The molecule has 0 N–H and O–H groups in total. The van der Waals surface area contributed by atoms with Gasteiger partial charge in [0.05, 0.1) is 18.0 Å². The van der Waals surface area contributed by atoms with Gasteiger partial charge in [-0.2, -0.15) is 4.31 Å². The molecule has 0 unspecified atom stereocenters. The summed E-state index contributed by atoms with van der Waals surface area (Å²) < 4.78 is 33.1. The third kappa shape index (κ3) is 4.79. The zero-order valence-corrected chi connectivity index (χ0v) is 17.8. The van der Waals surface area contributed by atoms with Crippen LogP contribution in [0.25, 0.3) is 0 Å². The molecule has 1 aliphatic rings. The first-order valence-corrected chi connectivity index (χ1v) is 11.5. The Morgan fingerprint density at radius 2 is 1.83 bits per heavy atom. The van der Waals surface area contributed by atoms with Crippen LogP contribution in [0.15, 0.2) is 53.4 Å². The van der Waals surface area contributed by atoms with Crippen LogP contribution < -0.4 is 9.64 Å². The first kappa shape index (κ1) is 21.3. The Bertz CT molecular complexity index is 942. The van der Waals surface area contributed by atoms with Crippen molar-refractivity contribution in [3.05, 3.63) is 54.1 Å². The lowest BCUT2D eigenvalue weighted by Gasteiger charge is -2.25. The summed E-state index contributed by atoms with van der Waals surface area (Å²) in [4.78, 5) is 14.9. The van der Waals surface area contributed by atoms with E-state index in [4.69, 9.17) is 4.74 Å². The van der Waals surface area contributed by atoms with Crippen LogP contribution in [0.3, 0.4) is 0 Å². The fraction of sp³-hybridized carbons (Fsp3) is 0.409. The van der Waals surface area contributed by atoms with Crippen LogP contribution in [0.2, 0.25) is 0 Å². The van der Waals surface area contributed by atoms with Crippen molar-refractivity contribution < 1.29 is 17.9 Å². The number of unbranched alkanes of at least 4 members (excludes halogenated alkanes) is 1. The SMILES string of the molecule is CCCCN(CC(=O)N1CCc2ccccc21)S(=O)(=O)c1ccc(OCC)cc1. The van der Waals surface area contributed by atoms with Crippen molar-refractivity contribution in [3.63, 3.8) is 0 Å². The molecule has 0 bridgehead atoms. The Morgan fingerprint density at radius 3 is 2.52 bits per heavy atom. The molecule has 156 valence electrons. The Hall–Kier alpha value is -2.38. The number of para-hydroxylation sites is 1. The Labute approximate surface area is 173 Å². The van der Waals surface area contributed by atoms with E-state index in [1.165, 1.54) is 16.4 Å². The number of amides is 1. The number of benzene rings is 2. The summed E-state index contributed by atoms with van der Waals surface area (Å²) in [6.45, 7) is 5.13. The number of sulfonamides is 1. The van der Waals surface area contributed by atoms with E-state index in [0.29, 0.717) is 31.9 Å². The normalized spacial score (nSPS) is 13.6. The molecule has 0 radical (unpaired) electrons. The van der Waals surface area contributed by atoms with Gasteiger partial charge in [0.25, 0.3) is 0 Å². The zero-order valence-electron chi connectivity index (χ0n) is 17.0. The monoisotopic (exact) mass is 416 g/mol. The minimum atomic E-state index is -3.78. The zero-order chi connectivity index (χ0) is 20.9. The molecule has 0 atom stereocenters. The summed E-state index contributed by atoms with van der Waals surface area (Å²) in [7, 11) is -3.78. The number of ether oxygens (including phenoxy) is 1. The van der Waals surface area contributed by atoms with Crippen LogP contribution in [0.5, 0.6) is 5.75 Å². The van der Waals surface area contributed by atoms with E-state index < -0.39 is 10.0 Å². The predicted octanol–water partition coefficient (Wildman–Crippen LogP) is 3.47. The Kier molecular flexibility index (Phi) is 6.92. The van der Waals surface area contributed by atoms with E-state index in [2.05, 4.69) is 0 Å². The number of hydrogen-bond acceptors (Lipinski definition) is 4. The van der Waals surface area contributed by atoms with Crippen LogP contribution in [-0.4, -0.2) is 44.9 Å². The molecule has 0 saturated carbocycles. The van der Waals surface area contributed by atoms with E-state index in [1.54, 1.807) is 17.0 Å². The standard InChI is InChI=1S/C22H28N2O4S/c1-3-5-15-23(29(26,27)20-12-10-19(11-13-20)28-4-2)17-22(25)24-16-14-18-8-6-7-9-21(18)24/h6-13H,3-5,14-17H2,1-2H3. The maximum absolute atomic E-state index is 13.2. The molecule has 29 heavy (non-hydrogen) atoms. The van der Waals surface area contributed by atoms with Crippen molar-refractivity contribution in [1.82, 2.24) is 4.31 Å². The molecule has 1 heterocycles. The van der Waals surface area contributed by atoms with Crippen LogP contribution in [0.4, 0.5) is 5.69 Å². The number of hydrogen-bond donors (Lipinski definition) is 0. The number of rotatable bonds is 9. The van der Waals surface area contributed by atoms with Crippen molar-refractivity contribution in [1.29, 1.82) is 0 Å². The second-order valence-corrected chi connectivity index (χ2v) is 8.96. The van der Waals surface area contributed by atoms with Gasteiger partial charge in [-0.25, -0.2) is 8.42 Å². The smallest absolute Gasteiger partial charge is 0.243 e. The quantitative estimate of drug-likeness (QED) is 0.628. The molecule has 0 spiro atoms. The molecule has 0 saturated heterocycles. The van der Waals surface area contributed by atoms with Crippen molar-refractivity contribution in [2.45, 2.75) is 38.0 Å². The molecular weight excluding hydrogens is 388 g/mol. The highest BCUT2D eigenvalue weighted by Gasteiger charge is 2.30. The second kappa shape index (κ2) is 9.41. The van der Waals surface area contributed by atoms with Gasteiger partial charge in [0.15, 0.2) is 0 Å². The lowest BCUT2D eigenvalue weighted by atomic mass is 10.2. The fourth-order valence-electron chi connectivity index (χ4n) is 3.48. The third-order valence-corrected chi connectivity index (χ3v) is 6.89. The highest BCUT2D eigenvalue weighted by atomic mass is 32.2. The number of carbonyl (C=O) groups excluding carboxylic acids is 1. The van der Waals surface area contributed by atoms with E-state index in [1.807, 2.05) is 38.1 Å². The molecular formula is C22H28N2O4S. The van der Waals surface area contributed by atoms with Gasteiger partial charge >= 0.3 is 0 Å². The maximum atomic E-state index is 13.2. The summed E-state index contributed by atoms with van der Waals surface area (Å²) in [6.07, 6.45) is 2.33. The maximum Gasteiger partial charge on any atom is 0.243 e. The highest BCUT2D eigenvalue weighted by molar-refractivity contribution is 7.89. The van der Waals surface area contributed by atoms with Crippen LogP contribution >= 0.6 is 0 Å². The minimum absolute atomic E-state index is 0.163. The van der Waals surface area contributed by atoms with Crippen molar-refractivity contribution in [2.24, 2.45) is 0 Å². The van der Waals surface area contributed by atoms with Crippen molar-refractivity contribution in [2.75, 3.05) is 31.1 Å². The van der Waals surface area contributed by atoms with E-state index in [9.17, 15) is 13.2 Å². The van der Waals surface area contributed by atoms with Gasteiger partial charge < -0.3 is 9.64 Å². The number of nitrogens with zero attached hydrogens (tertiary/aromatic N) is 2. The van der Waals surface area contributed by atoms with Gasteiger partial charge in [0.2, 0.25) is 15.9 Å². The summed E-state index contributed by atoms with van der Waals surface area (Å²) in [5.41, 5.74) is 2.00. The van der Waals surface area contributed by atoms with Crippen LogP contribution in [0, 0.1) is 0 Å². The second-order valence-electron chi connectivity index (χ2n) is 7.02. The van der Waals surface area contributed by atoms with Gasteiger partial charge in [-0.15, -0.1) is 0 Å². The molecule has 2 aromatic rings. The molecule has 0 aromatic heterocycles. The summed E-state index contributed by atoms with van der Waals surface area (Å²) in [5, 5.41) is 0. The lowest BCUT2D eigenvalue weighted by Crippen LogP contribution is -2.42. The van der Waals surface area contributed by atoms with Crippen molar-refractivity contribution in [3.8, 4) is 5.75 Å². The molecule has 0 fully saturated rings. The van der Waals surface area contributed by atoms with Crippen LogP contribution in [-0.2, 0) is 21.2 Å². The van der Waals surface area contributed by atoms with Gasteiger partial charge in [0.1, 0.15) is 5.75 Å². The summed E-state index contributed by atoms with van der Waals surface area (Å²) >= 11 is 0. The summed E-state index contributed by atoms with van der Waals surface area (Å²) in [5.74, 6) is 0.428. The third-order valence-electron chi connectivity index (χ3n) is 5.03. The summed E-state index contributed by atoms with van der Waals surface area (Å²) in [6, 6.07) is 14.1. The Morgan fingerprint density at radius 1 is 1.10 bits per heavy atom. The first-order valence-electron chi connectivity index (χ1n) is 10.1. The fourth-order valence-corrected chi connectivity index (χ4v) is 4.90. The molecule has 7 heteroatoms. The minimum Gasteiger partial charge on any atom is -0.494 e. The molecule has 0 aliphatic carbocycles. The van der Waals surface area contributed by atoms with Gasteiger partial charge in [0, 0.05) is 18.8 Å². The van der Waals surface area contributed by atoms with E-state index in [0.717, 1.165) is 24.1 Å². The van der Waals surface area contributed by atoms with Crippen molar-refractivity contribution >= 4 is 21.6 Å². The molecule has 1 aliphatic heterocycles. The van der Waals surface area contributed by atoms with Crippen LogP contribution in [0.1, 0.15) is 32.3 Å². The average Bonchev–Trinajstić information content (AvgIpc) is 3.16. The van der Waals surface area contributed by atoms with Gasteiger partial charge in [-0.05, 0) is 55.7 Å². The number of anilines is 1. The highest BCUT2D eigenvalue weighted by Crippen LogP contribution is 2.28. The topological polar surface area (TPSA) is 66.9 Å². The van der Waals surface area contributed by atoms with E-state index in [-0.39, 0.29) is 17.3 Å². The molecule has 6 nitrogen and oxygen atoms in total. The lowest BCUT2D eigenvalue weighted by molar-refractivity contribution is -0.118. The average molecular weight is 417 g/mol. The largest absolute Gasteiger partial charge is 0.494 e. The molecule has 3 rings (SSSR count).